The van der Waals surface area contributed by atoms with Crippen molar-refractivity contribution in [1.82, 2.24) is 5.32 Å². The lowest BCUT2D eigenvalue weighted by Gasteiger charge is -2.24. The maximum atomic E-state index is 3.52. The van der Waals surface area contributed by atoms with Crippen molar-refractivity contribution < 1.29 is 0 Å². The summed E-state index contributed by atoms with van der Waals surface area (Å²) in [6.07, 6.45) is 5.00. The minimum absolute atomic E-state index is 0.294. The Bertz CT molecular complexity index is 384. The van der Waals surface area contributed by atoms with Crippen molar-refractivity contribution in [3.63, 3.8) is 0 Å². The molecule has 1 aromatic heterocycles. The van der Waals surface area contributed by atoms with Gasteiger partial charge in [-0.3, -0.25) is 0 Å². The smallest absolute Gasteiger partial charge is 0.0102 e. The van der Waals surface area contributed by atoms with Crippen molar-refractivity contribution in [3.05, 3.63) is 21.9 Å². The molecule has 0 saturated heterocycles. The lowest BCUT2D eigenvalue weighted by atomic mass is 9.84. The summed E-state index contributed by atoms with van der Waals surface area (Å²) in [7, 11) is 0. The molecule has 0 aliphatic heterocycles. The summed E-state index contributed by atoms with van der Waals surface area (Å²) < 4.78 is 0. The molecule has 1 N–H and O–H groups in total. The Morgan fingerprint density at radius 2 is 1.70 bits per heavy atom. The summed E-state index contributed by atoms with van der Waals surface area (Å²) >= 11 is 2.00. The van der Waals surface area contributed by atoms with E-state index in [1.165, 1.54) is 30.6 Å². The molecule has 0 spiro atoms. The molecular weight excluding hydrogens is 262 g/mol. The number of hydrogen-bond donors (Lipinski definition) is 1. The van der Waals surface area contributed by atoms with Crippen LogP contribution in [0.1, 0.15) is 70.6 Å². The Morgan fingerprint density at radius 3 is 2.25 bits per heavy atom. The lowest BCUT2D eigenvalue weighted by molar-refractivity contribution is 0.303. The molecule has 0 amide bonds. The molecule has 0 bridgehead atoms. The predicted molar refractivity (Wildman–Crippen MR) is 92.9 cm³/mol. The second kappa shape index (κ2) is 7.61. The second-order valence-electron chi connectivity index (χ2n) is 7.68. The largest absolute Gasteiger partial charge is 0.317 e. The van der Waals surface area contributed by atoms with Crippen LogP contribution in [0.4, 0.5) is 0 Å². The van der Waals surface area contributed by atoms with E-state index in [1.54, 1.807) is 4.88 Å². The molecule has 0 aliphatic rings. The summed E-state index contributed by atoms with van der Waals surface area (Å²) in [5.74, 6) is 0. The molecular formula is C18H33NS. The maximum Gasteiger partial charge on any atom is 0.0102 e. The van der Waals surface area contributed by atoms with Crippen molar-refractivity contribution in [1.29, 1.82) is 0 Å². The molecule has 1 heterocycles. The van der Waals surface area contributed by atoms with Crippen LogP contribution in [0.5, 0.6) is 0 Å². The van der Waals surface area contributed by atoms with Gasteiger partial charge in [0, 0.05) is 9.75 Å². The Morgan fingerprint density at radius 1 is 1.00 bits per heavy atom. The van der Waals surface area contributed by atoms with E-state index in [1.807, 2.05) is 11.3 Å². The molecule has 1 aromatic rings. The first kappa shape index (κ1) is 17.7. The molecule has 1 rings (SSSR count). The Kier molecular flexibility index (Phi) is 6.74. The van der Waals surface area contributed by atoms with Crippen LogP contribution in [0.2, 0.25) is 0 Å². The van der Waals surface area contributed by atoms with Gasteiger partial charge in [0.2, 0.25) is 0 Å². The first-order valence-electron chi connectivity index (χ1n) is 8.04. The van der Waals surface area contributed by atoms with Gasteiger partial charge in [-0.25, -0.2) is 0 Å². The molecule has 0 aliphatic carbocycles. The van der Waals surface area contributed by atoms with Crippen molar-refractivity contribution >= 4 is 11.3 Å². The number of thiophene rings is 1. The SMILES string of the molecule is CCCNCCC(C)(C)CCc1ccc(C(C)(C)C)s1. The molecule has 0 aromatic carbocycles. The summed E-state index contributed by atoms with van der Waals surface area (Å²) in [5.41, 5.74) is 0.731. The third-order valence-corrected chi connectivity index (χ3v) is 5.43. The molecule has 0 fully saturated rings. The highest BCUT2D eigenvalue weighted by atomic mass is 32.1. The Labute approximate surface area is 130 Å². The van der Waals surface area contributed by atoms with Crippen LogP contribution in [-0.4, -0.2) is 13.1 Å². The van der Waals surface area contributed by atoms with Gasteiger partial charge in [-0.15, -0.1) is 11.3 Å². The molecule has 1 nitrogen and oxygen atoms in total. The van der Waals surface area contributed by atoms with Crippen LogP contribution in [0, 0.1) is 5.41 Å². The van der Waals surface area contributed by atoms with E-state index in [0.717, 1.165) is 13.1 Å². The van der Waals surface area contributed by atoms with E-state index < -0.39 is 0 Å². The third kappa shape index (κ3) is 6.41. The van der Waals surface area contributed by atoms with Gasteiger partial charge in [-0.1, -0.05) is 41.5 Å². The first-order valence-corrected chi connectivity index (χ1v) is 8.86. The standard InChI is InChI=1S/C18H33NS/c1-7-13-19-14-12-18(5,6)11-10-15-8-9-16(20-15)17(2,3)4/h8-9,19H,7,10-14H2,1-6H3. The number of nitrogens with one attached hydrogen (secondary N) is 1. The Balaban J connectivity index is 2.39. The minimum Gasteiger partial charge on any atom is -0.317 e. The van der Waals surface area contributed by atoms with Gasteiger partial charge in [0.15, 0.2) is 0 Å². The zero-order valence-corrected chi connectivity index (χ0v) is 15.1. The van der Waals surface area contributed by atoms with Crippen LogP contribution >= 0.6 is 11.3 Å². The zero-order chi connectivity index (χ0) is 15.2. The van der Waals surface area contributed by atoms with Crippen molar-refractivity contribution in [2.24, 2.45) is 5.41 Å². The average molecular weight is 296 g/mol. The van der Waals surface area contributed by atoms with Crippen LogP contribution in [0.25, 0.3) is 0 Å². The Hall–Kier alpha value is -0.340. The monoisotopic (exact) mass is 295 g/mol. The van der Waals surface area contributed by atoms with E-state index in [-0.39, 0.29) is 0 Å². The zero-order valence-electron chi connectivity index (χ0n) is 14.3. The van der Waals surface area contributed by atoms with Gasteiger partial charge in [-0.05, 0) is 61.7 Å². The summed E-state index contributed by atoms with van der Waals surface area (Å²) in [6.45, 7) is 16.2. The van der Waals surface area contributed by atoms with Gasteiger partial charge < -0.3 is 5.32 Å². The highest BCUT2D eigenvalue weighted by Crippen LogP contribution is 2.32. The number of aryl methyl sites for hydroxylation is 1. The summed E-state index contributed by atoms with van der Waals surface area (Å²) in [6, 6.07) is 4.65. The van der Waals surface area contributed by atoms with Gasteiger partial charge >= 0.3 is 0 Å². The molecule has 0 unspecified atom stereocenters. The van der Waals surface area contributed by atoms with E-state index in [0.29, 0.717) is 10.8 Å². The van der Waals surface area contributed by atoms with Crippen molar-refractivity contribution in [3.8, 4) is 0 Å². The third-order valence-electron chi connectivity index (χ3n) is 3.85. The average Bonchev–Trinajstić information content (AvgIpc) is 2.81. The fourth-order valence-electron chi connectivity index (χ4n) is 2.23. The summed E-state index contributed by atoms with van der Waals surface area (Å²) in [4.78, 5) is 3.06. The number of hydrogen-bond acceptors (Lipinski definition) is 2. The van der Waals surface area contributed by atoms with E-state index >= 15 is 0 Å². The molecule has 116 valence electrons. The molecule has 0 radical (unpaired) electrons. The highest BCUT2D eigenvalue weighted by Gasteiger charge is 2.19. The second-order valence-corrected chi connectivity index (χ2v) is 8.85. The van der Waals surface area contributed by atoms with E-state index in [4.69, 9.17) is 0 Å². The molecule has 0 saturated carbocycles. The quantitative estimate of drug-likeness (QED) is 0.634. The van der Waals surface area contributed by atoms with Gasteiger partial charge in [0.25, 0.3) is 0 Å². The van der Waals surface area contributed by atoms with E-state index in [9.17, 15) is 0 Å². The van der Waals surface area contributed by atoms with Crippen LogP contribution in [-0.2, 0) is 11.8 Å². The van der Waals surface area contributed by atoms with E-state index in [2.05, 4.69) is 59.0 Å². The van der Waals surface area contributed by atoms with Crippen molar-refractivity contribution in [2.75, 3.05) is 13.1 Å². The minimum atomic E-state index is 0.294. The topological polar surface area (TPSA) is 12.0 Å². The maximum absolute atomic E-state index is 3.52. The normalized spacial score (nSPS) is 12.9. The molecule has 20 heavy (non-hydrogen) atoms. The predicted octanol–water partition coefficient (Wildman–Crippen LogP) is 5.39. The fourth-order valence-corrected chi connectivity index (χ4v) is 3.30. The first-order chi connectivity index (χ1) is 9.24. The van der Waals surface area contributed by atoms with Gasteiger partial charge in [0.1, 0.15) is 0 Å². The molecule has 2 heteroatoms. The molecule has 0 atom stereocenters. The van der Waals surface area contributed by atoms with Crippen LogP contribution in [0.3, 0.4) is 0 Å². The number of rotatable bonds is 8. The lowest BCUT2D eigenvalue weighted by Crippen LogP contribution is -2.23. The summed E-state index contributed by atoms with van der Waals surface area (Å²) in [5, 5.41) is 3.52. The van der Waals surface area contributed by atoms with Gasteiger partial charge in [0.05, 0.1) is 0 Å². The fraction of sp³-hybridized carbons (Fsp3) is 0.778. The van der Waals surface area contributed by atoms with Crippen LogP contribution < -0.4 is 5.32 Å². The van der Waals surface area contributed by atoms with Crippen molar-refractivity contribution in [2.45, 2.75) is 72.6 Å². The van der Waals surface area contributed by atoms with Gasteiger partial charge in [-0.2, -0.15) is 0 Å². The highest BCUT2D eigenvalue weighted by molar-refractivity contribution is 7.12. The van der Waals surface area contributed by atoms with Crippen LogP contribution in [0.15, 0.2) is 12.1 Å².